The number of hydrogen-bond donors (Lipinski definition) is 0. The Hall–Kier alpha value is -7.02. The molecule has 3 aromatic heterocycles. The molecule has 0 spiro atoms. The van der Waals surface area contributed by atoms with E-state index in [0.717, 1.165) is 67.0 Å². The molecular formula is C52H33GeN3O. The van der Waals surface area contributed by atoms with Gasteiger partial charge >= 0.3 is 287 Å². The maximum absolute atomic E-state index is 6.38. The number of rotatable bonds is 5. The fraction of sp³-hybridized carbons (Fsp3) is 0. The van der Waals surface area contributed by atoms with Gasteiger partial charge in [0.15, 0.2) is 0 Å². The minimum atomic E-state index is -3.63. The zero-order chi connectivity index (χ0) is 37.5. The molecule has 57 heavy (non-hydrogen) atoms. The van der Waals surface area contributed by atoms with Crippen LogP contribution in [-0.2, 0) is 0 Å². The first kappa shape index (κ1) is 32.2. The fourth-order valence-electron chi connectivity index (χ4n) is 9.53. The molecule has 0 radical (unpaired) electrons. The molecule has 5 heteroatoms. The summed E-state index contributed by atoms with van der Waals surface area (Å²) in [6.45, 7) is 0. The van der Waals surface area contributed by atoms with Crippen molar-refractivity contribution in [3.63, 3.8) is 0 Å². The molecule has 4 nitrogen and oxygen atoms in total. The van der Waals surface area contributed by atoms with Crippen LogP contribution in [0.1, 0.15) is 0 Å². The van der Waals surface area contributed by atoms with Gasteiger partial charge in [0.2, 0.25) is 0 Å². The average Bonchev–Trinajstić information content (AvgIpc) is 3.94. The molecule has 0 N–H and O–H groups in total. The molecule has 0 fully saturated rings. The van der Waals surface area contributed by atoms with E-state index in [9.17, 15) is 0 Å². The van der Waals surface area contributed by atoms with Gasteiger partial charge in [-0.3, -0.25) is 0 Å². The second-order valence-electron chi connectivity index (χ2n) is 14.8. The molecule has 0 saturated heterocycles. The predicted octanol–water partition coefficient (Wildman–Crippen LogP) is 10.2. The van der Waals surface area contributed by atoms with E-state index in [1.165, 1.54) is 33.9 Å². The molecule has 0 bridgehead atoms. The summed E-state index contributed by atoms with van der Waals surface area (Å²) in [4.78, 5) is 11.2. The molecule has 0 atom stereocenters. The van der Waals surface area contributed by atoms with E-state index in [2.05, 4.69) is 199 Å². The average molecular weight is 788 g/mol. The second-order valence-corrected chi connectivity index (χ2v) is 22.6. The van der Waals surface area contributed by atoms with E-state index in [-0.39, 0.29) is 0 Å². The van der Waals surface area contributed by atoms with Gasteiger partial charge in [0.1, 0.15) is 5.58 Å². The van der Waals surface area contributed by atoms with Crippen LogP contribution in [0.25, 0.3) is 83.3 Å². The van der Waals surface area contributed by atoms with Gasteiger partial charge in [-0.15, -0.1) is 0 Å². The van der Waals surface area contributed by atoms with E-state index in [0.29, 0.717) is 0 Å². The van der Waals surface area contributed by atoms with Gasteiger partial charge in [-0.25, -0.2) is 0 Å². The number of aromatic nitrogens is 3. The van der Waals surface area contributed by atoms with Crippen molar-refractivity contribution in [1.82, 2.24) is 14.5 Å². The summed E-state index contributed by atoms with van der Waals surface area (Å²) in [5, 5.41) is 4.66. The fourth-order valence-corrected chi connectivity index (χ4v) is 20.5. The van der Waals surface area contributed by atoms with E-state index in [4.69, 9.17) is 14.4 Å². The molecule has 266 valence electrons. The van der Waals surface area contributed by atoms with Gasteiger partial charge in [0, 0.05) is 0 Å². The Morgan fingerprint density at radius 1 is 0.439 bits per heavy atom. The summed E-state index contributed by atoms with van der Waals surface area (Å²) in [6.07, 6.45) is 0. The van der Waals surface area contributed by atoms with E-state index < -0.39 is 13.3 Å². The van der Waals surface area contributed by atoms with Crippen LogP contribution in [0.4, 0.5) is 0 Å². The van der Waals surface area contributed by atoms with Crippen molar-refractivity contribution in [3.05, 3.63) is 200 Å². The van der Waals surface area contributed by atoms with E-state index in [1.54, 1.807) is 0 Å². The van der Waals surface area contributed by atoms with E-state index >= 15 is 0 Å². The second kappa shape index (κ2) is 12.5. The first-order valence-corrected chi connectivity index (χ1v) is 23.6. The number of nitrogens with zero attached hydrogens (tertiary/aromatic N) is 3. The van der Waals surface area contributed by atoms with Gasteiger partial charge in [-0.2, -0.15) is 0 Å². The third-order valence-corrected chi connectivity index (χ3v) is 22.1. The van der Waals surface area contributed by atoms with Crippen molar-refractivity contribution in [2.45, 2.75) is 0 Å². The summed E-state index contributed by atoms with van der Waals surface area (Å²) in [7, 11) is 0. The van der Waals surface area contributed by atoms with Crippen molar-refractivity contribution in [2.75, 3.05) is 0 Å². The van der Waals surface area contributed by atoms with Crippen LogP contribution in [0.2, 0.25) is 0 Å². The first-order valence-electron chi connectivity index (χ1n) is 19.4. The predicted molar refractivity (Wildman–Crippen MR) is 237 cm³/mol. The zero-order valence-corrected chi connectivity index (χ0v) is 32.9. The molecule has 0 unspecified atom stereocenters. The molecular weight excluding hydrogens is 755 g/mol. The Balaban J connectivity index is 1.11. The number of benzene rings is 8. The Labute approximate surface area is 331 Å². The van der Waals surface area contributed by atoms with Gasteiger partial charge in [-0.1, -0.05) is 24.3 Å². The molecule has 0 aliphatic carbocycles. The topological polar surface area (TPSA) is 43.9 Å². The molecule has 1 aliphatic rings. The Kier molecular flexibility index (Phi) is 7.07. The Morgan fingerprint density at radius 2 is 1.05 bits per heavy atom. The van der Waals surface area contributed by atoms with Crippen molar-refractivity contribution >= 4 is 74.6 Å². The van der Waals surface area contributed by atoms with Crippen molar-refractivity contribution in [3.8, 4) is 39.6 Å². The Morgan fingerprint density at radius 3 is 1.81 bits per heavy atom. The third kappa shape index (κ3) is 4.62. The number of hydrogen-bond acceptors (Lipinski definition) is 3. The first-order chi connectivity index (χ1) is 28.3. The third-order valence-electron chi connectivity index (χ3n) is 11.9. The molecule has 12 rings (SSSR count). The summed E-state index contributed by atoms with van der Waals surface area (Å²) < 4.78 is 14.2. The number of fused-ring (bicyclic) bond motifs is 10. The van der Waals surface area contributed by atoms with E-state index in [1.807, 2.05) is 6.07 Å². The van der Waals surface area contributed by atoms with Crippen LogP contribution < -0.4 is 17.6 Å². The summed E-state index contributed by atoms with van der Waals surface area (Å²) >= 11 is -3.63. The van der Waals surface area contributed by atoms with Crippen LogP contribution >= 0.6 is 0 Å². The van der Waals surface area contributed by atoms with Crippen molar-refractivity contribution in [2.24, 2.45) is 0 Å². The van der Waals surface area contributed by atoms with Crippen molar-refractivity contribution in [1.29, 1.82) is 0 Å². The molecule has 1 aliphatic heterocycles. The molecule has 4 heterocycles. The summed E-state index contributed by atoms with van der Waals surface area (Å²) in [5.41, 5.74) is 10.5. The maximum atomic E-state index is 6.38. The quantitative estimate of drug-likeness (QED) is 0.163. The molecule has 0 saturated carbocycles. The molecule has 0 amide bonds. The van der Waals surface area contributed by atoms with Gasteiger partial charge in [-0.05, 0) is 12.1 Å². The van der Waals surface area contributed by atoms with Crippen molar-refractivity contribution < 1.29 is 4.42 Å². The van der Waals surface area contributed by atoms with Crippen LogP contribution in [0.15, 0.2) is 205 Å². The van der Waals surface area contributed by atoms with Crippen LogP contribution in [0, 0.1) is 0 Å². The van der Waals surface area contributed by atoms with Gasteiger partial charge in [0.05, 0.1) is 0 Å². The Bertz CT molecular complexity index is 3300. The summed E-state index contributed by atoms with van der Waals surface area (Å²) in [5.74, 6) is 0.721. The molecule has 11 aromatic rings. The van der Waals surface area contributed by atoms with Crippen LogP contribution in [0.3, 0.4) is 0 Å². The SMILES string of the molecule is c1ccc(-c2nc(-c3ccc(-n4c5ccccc5c5ccc6oc7ccccc7c6c54)cc3)nc3[c]2[Ge]([c]2ccccc2)([c]2ccccc2)[c]2ccccc2-3)cc1. The van der Waals surface area contributed by atoms with Crippen LogP contribution in [0.5, 0.6) is 0 Å². The minimum absolute atomic E-state index is 0.721. The number of para-hydroxylation sites is 2. The summed E-state index contributed by atoms with van der Waals surface area (Å²) in [6, 6.07) is 72.1. The van der Waals surface area contributed by atoms with Gasteiger partial charge in [0.25, 0.3) is 0 Å². The zero-order valence-electron chi connectivity index (χ0n) is 30.8. The van der Waals surface area contributed by atoms with Gasteiger partial charge < -0.3 is 4.42 Å². The normalized spacial score (nSPS) is 13.1. The monoisotopic (exact) mass is 789 g/mol. The number of furan rings is 1. The molecule has 8 aromatic carbocycles. The van der Waals surface area contributed by atoms with Crippen LogP contribution in [-0.4, -0.2) is 27.8 Å². The standard InChI is InChI=1S/C52H33GeN3O/c1-4-16-34(17-5-1)49-48-50(41-23-10-13-25-43(41)53(48,36-18-6-2-7-19-36)37-20-8-3-9-21-37)55-52(54-49)35-28-30-38(31-29-35)56-44-26-14-11-22-39(44)40-32-33-46-47(51(40)56)42-24-12-15-27-45(42)57-46/h1-33H.